The van der Waals surface area contributed by atoms with Crippen LogP contribution >= 0.6 is 27.7 Å². The van der Waals surface area contributed by atoms with Gasteiger partial charge in [-0.15, -0.1) is 0 Å². The average Bonchev–Trinajstić information content (AvgIpc) is 2.45. The van der Waals surface area contributed by atoms with Crippen LogP contribution in [0.5, 0.6) is 0 Å². The molecular weight excluding hydrogens is 276 g/mol. The fourth-order valence-electron chi connectivity index (χ4n) is 1.17. The average molecular weight is 283 g/mol. The lowest BCUT2D eigenvalue weighted by Gasteiger charge is -1.96. The molecule has 0 unspecified atom stereocenters. The molecule has 0 saturated heterocycles. The van der Waals surface area contributed by atoms with Crippen LogP contribution in [-0.2, 0) is 4.79 Å². The third kappa shape index (κ3) is 2.49. The van der Waals surface area contributed by atoms with Crippen molar-refractivity contribution in [2.45, 2.75) is 0 Å². The number of rotatable bonds is 1. The van der Waals surface area contributed by atoms with Crippen molar-refractivity contribution in [3.8, 4) is 0 Å². The lowest BCUT2D eigenvalue weighted by molar-refractivity contribution is -0.113. The van der Waals surface area contributed by atoms with Crippen molar-refractivity contribution in [2.75, 3.05) is 0 Å². The summed E-state index contributed by atoms with van der Waals surface area (Å²) in [6.07, 6.45) is 1.78. The molecule has 0 bridgehead atoms. The van der Waals surface area contributed by atoms with E-state index in [2.05, 4.69) is 20.9 Å². The number of carbonyl (C=O) groups is 1. The summed E-state index contributed by atoms with van der Waals surface area (Å²) in [6.45, 7) is 0. The molecular formula is C10H7BrN2OS. The van der Waals surface area contributed by atoms with E-state index in [4.69, 9.17) is 5.73 Å². The Morgan fingerprint density at radius 3 is 2.87 bits per heavy atom. The van der Waals surface area contributed by atoms with Gasteiger partial charge in [-0.05, 0) is 35.5 Å². The highest BCUT2D eigenvalue weighted by Crippen LogP contribution is 2.26. The van der Waals surface area contributed by atoms with Crippen LogP contribution in [-0.4, -0.2) is 11.1 Å². The standard InChI is InChI=1S/C10H7BrN2OS/c11-7-3-1-2-6(4-7)5-8-9(14)13-10(12)15-8/h1-5H,(H2,12,13,14). The third-order valence-electron chi connectivity index (χ3n) is 1.78. The largest absolute Gasteiger partial charge is 0.378 e. The summed E-state index contributed by atoms with van der Waals surface area (Å²) in [4.78, 5) is 15.5. The van der Waals surface area contributed by atoms with Crippen molar-refractivity contribution >= 4 is 44.8 Å². The summed E-state index contributed by atoms with van der Waals surface area (Å²) in [5.74, 6) is -0.266. The Kier molecular flexibility index (Phi) is 2.93. The molecule has 76 valence electrons. The second-order valence-corrected chi connectivity index (χ2v) is 4.90. The van der Waals surface area contributed by atoms with E-state index in [1.165, 1.54) is 11.8 Å². The molecule has 1 aliphatic rings. The quantitative estimate of drug-likeness (QED) is 0.805. The van der Waals surface area contributed by atoms with Crippen LogP contribution < -0.4 is 5.73 Å². The number of nitrogens with zero attached hydrogens (tertiary/aromatic N) is 1. The molecule has 0 radical (unpaired) electrons. The van der Waals surface area contributed by atoms with Crippen molar-refractivity contribution in [1.82, 2.24) is 0 Å². The number of aliphatic imine (C=N–C) groups is 1. The highest BCUT2D eigenvalue weighted by atomic mass is 79.9. The van der Waals surface area contributed by atoms with E-state index < -0.39 is 0 Å². The van der Waals surface area contributed by atoms with Gasteiger partial charge in [-0.1, -0.05) is 28.1 Å². The molecule has 5 heteroatoms. The van der Waals surface area contributed by atoms with Gasteiger partial charge in [0.25, 0.3) is 5.91 Å². The molecule has 1 aromatic carbocycles. The normalized spacial score (nSPS) is 18.3. The van der Waals surface area contributed by atoms with Crippen LogP contribution in [0, 0.1) is 0 Å². The zero-order valence-corrected chi connectivity index (χ0v) is 10.0. The summed E-state index contributed by atoms with van der Waals surface area (Å²) in [5.41, 5.74) is 6.39. The lowest BCUT2D eigenvalue weighted by atomic mass is 10.2. The zero-order valence-electron chi connectivity index (χ0n) is 7.61. The van der Waals surface area contributed by atoms with Crippen LogP contribution in [0.1, 0.15) is 5.56 Å². The molecule has 1 aliphatic heterocycles. The van der Waals surface area contributed by atoms with E-state index in [0.717, 1.165) is 10.0 Å². The van der Waals surface area contributed by atoms with E-state index in [9.17, 15) is 4.79 Å². The van der Waals surface area contributed by atoms with Gasteiger partial charge in [0.2, 0.25) is 0 Å². The number of carbonyl (C=O) groups excluding carboxylic acids is 1. The first-order chi connectivity index (χ1) is 7.15. The Bertz CT molecular complexity index is 482. The summed E-state index contributed by atoms with van der Waals surface area (Å²) in [6, 6.07) is 7.68. The number of hydrogen-bond donors (Lipinski definition) is 1. The van der Waals surface area contributed by atoms with Gasteiger partial charge in [-0.25, -0.2) is 0 Å². The number of nitrogens with two attached hydrogens (primary N) is 1. The van der Waals surface area contributed by atoms with Crippen LogP contribution in [0.25, 0.3) is 6.08 Å². The number of amides is 1. The van der Waals surface area contributed by atoms with Crippen molar-refractivity contribution in [3.05, 3.63) is 39.2 Å². The zero-order chi connectivity index (χ0) is 10.8. The van der Waals surface area contributed by atoms with Crippen LogP contribution in [0.2, 0.25) is 0 Å². The number of halogens is 1. The van der Waals surface area contributed by atoms with E-state index >= 15 is 0 Å². The Balaban J connectivity index is 2.29. The molecule has 0 fully saturated rings. The molecule has 2 rings (SSSR count). The monoisotopic (exact) mass is 282 g/mol. The van der Waals surface area contributed by atoms with E-state index in [1.54, 1.807) is 6.08 Å². The highest BCUT2D eigenvalue weighted by molar-refractivity contribution is 9.10. The molecule has 0 aliphatic carbocycles. The van der Waals surface area contributed by atoms with Gasteiger partial charge < -0.3 is 5.73 Å². The van der Waals surface area contributed by atoms with Gasteiger partial charge in [-0.2, -0.15) is 4.99 Å². The molecule has 0 spiro atoms. The SMILES string of the molecule is NC1=NC(=O)C(=Cc2cccc(Br)c2)S1. The molecule has 0 aromatic heterocycles. The fourth-order valence-corrected chi connectivity index (χ4v) is 2.27. The Morgan fingerprint density at radius 2 is 2.27 bits per heavy atom. The van der Waals surface area contributed by atoms with Crippen LogP contribution in [0.3, 0.4) is 0 Å². The molecule has 1 amide bonds. The maximum atomic E-state index is 11.3. The highest BCUT2D eigenvalue weighted by Gasteiger charge is 2.19. The van der Waals surface area contributed by atoms with Crippen molar-refractivity contribution in [2.24, 2.45) is 10.7 Å². The van der Waals surface area contributed by atoms with E-state index in [-0.39, 0.29) is 5.91 Å². The first-order valence-corrected chi connectivity index (χ1v) is 5.80. The van der Waals surface area contributed by atoms with Gasteiger partial charge in [0.05, 0.1) is 4.91 Å². The number of hydrogen-bond acceptors (Lipinski definition) is 3. The molecule has 3 nitrogen and oxygen atoms in total. The molecule has 0 saturated carbocycles. The second-order valence-electron chi connectivity index (χ2n) is 2.92. The molecule has 2 N–H and O–H groups in total. The van der Waals surface area contributed by atoms with Gasteiger partial charge in [0.1, 0.15) is 0 Å². The maximum absolute atomic E-state index is 11.3. The van der Waals surface area contributed by atoms with Gasteiger partial charge in [-0.3, -0.25) is 4.79 Å². The Labute approximate surface area is 99.6 Å². The minimum Gasteiger partial charge on any atom is -0.378 e. The van der Waals surface area contributed by atoms with Crippen molar-refractivity contribution < 1.29 is 4.79 Å². The predicted octanol–water partition coefficient (Wildman–Crippen LogP) is 2.38. The molecule has 0 atom stereocenters. The van der Waals surface area contributed by atoms with E-state index in [0.29, 0.717) is 10.1 Å². The Hall–Kier alpha value is -1.07. The predicted molar refractivity (Wildman–Crippen MR) is 66.3 cm³/mol. The van der Waals surface area contributed by atoms with E-state index in [1.807, 2.05) is 24.3 Å². The lowest BCUT2D eigenvalue weighted by Crippen LogP contribution is -2.01. The van der Waals surface area contributed by atoms with Gasteiger partial charge in [0, 0.05) is 4.47 Å². The summed E-state index contributed by atoms with van der Waals surface area (Å²) in [5, 5.41) is 0.307. The van der Waals surface area contributed by atoms with Gasteiger partial charge >= 0.3 is 0 Å². The number of amidine groups is 1. The molecule has 1 heterocycles. The molecule has 1 aromatic rings. The third-order valence-corrected chi connectivity index (χ3v) is 3.09. The first kappa shape index (κ1) is 10.4. The minimum atomic E-state index is -0.266. The van der Waals surface area contributed by atoms with Crippen molar-refractivity contribution in [1.29, 1.82) is 0 Å². The second kappa shape index (κ2) is 4.20. The Morgan fingerprint density at radius 1 is 1.47 bits per heavy atom. The maximum Gasteiger partial charge on any atom is 0.286 e. The first-order valence-electron chi connectivity index (χ1n) is 4.19. The van der Waals surface area contributed by atoms with Crippen LogP contribution in [0.15, 0.2) is 38.6 Å². The summed E-state index contributed by atoms with van der Waals surface area (Å²) >= 11 is 4.56. The van der Waals surface area contributed by atoms with Crippen LogP contribution in [0.4, 0.5) is 0 Å². The topological polar surface area (TPSA) is 55.4 Å². The fraction of sp³-hybridized carbons (Fsp3) is 0. The summed E-state index contributed by atoms with van der Waals surface area (Å²) in [7, 11) is 0. The summed E-state index contributed by atoms with van der Waals surface area (Å²) < 4.78 is 0.973. The minimum absolute atomic E-state index is 0.266. The van der Waals surface area contributed by atoms with Crippen molar-refractivity contribution in [3.63, 3.8) is 0 Å². The number of thioether (sulfide) groups is 1. The van der Waals surface area contributed by atoms with Gasteiger partial charge in [0.15, 0.2) is 5.17 Å². The number of benzene rings is 1. The molecule has 15 heavy (non-hydrogen) atoms. The smallest absolute Gasteiger partial charge is 0.286 e.